The molecular weight excluding hydrogens is 352 g/mol. The predicted octanol–water partition coefficient (Wildman–Crippen LogP) is 2.91. The van der Waals surface area contributed by atoms with Gasteiger partial charge in [-0.3, -0.25) is 14.3 Å². The van der Waals surface area contributed by atoms with Crippen LogP contribution in [0.2, 0.25) is 0 Å². The normalized spacial score (nSPS) is 15.0. The Kier molecular flexibility index (Phi) is 5.05. The Bertz CT molecular complexity index is 1090. The van der Waals surface area contributed by atoms with Gasteiger partial charge in [0.25, 0.3) is 11.6 Å². The molecular formula is C22H26N4O2. The predicted molar refractivity (Wildman–Crippen MR) is 112 cm³/mol. The molecule has 1 N–H and O–H groups in total. The van der Waals surface area contributed by atoms with Gasteiger partial charge in [-0.15, -0.1) is 0 Å². The Morgan fingerprint density at radius 2 is 2.11 bits per heavy atom. The van der Waals surface area contributed by atoms with Gasteiger partial charge in [-0.25, -0.2) is 4.98 Å². The summed E-state index contributed by atoms with van der Waals surface area (Å²) in [5.41, 5.74) is 5.39. The summed E-state index contributed by atoms with van der Waals surface area (Å²) >= 11 is 0. The molecule has 3 heterocycles. The highest BCUT2D eigenvalue weighted by Crippen LogP contribution is 2.29. The van der Waals surface area contributed by atoms with Crippen molar-refractivity contribution in [2.75, 3.05) is 26.7 Å². The van der Waals surface area contributed by atoms with Crippen LogP contribution in [-0.4, -0.2) is 46.2 Å². The van der Waals surface area contributed by atoms with Crippen LogP contribution in [0.15, 0.2) is 41.3 Å². The van der Waals surface area contributed by atoms with Gasteiger partial charge >= 0.3 is 0 Å². The van der Waals surface area contributed by atoms with Crippen molar-refractivity contribution in [3.8, 4) is 6.01 Å². The smallest absolute Gasteiger partial charge is 0.298 e. The Balaban J connectivity index is 1.45. The lowest BCUT2D eigenvalue weighted by atomic mass is 9.98. The molecule has 0 aliphatic carbocycles. The van der Waals surface area contributed by atoms with Crippen molar-refractivity contribution in [3.63, 3.8) is 0 Å². The number of benzene rings is 1. The summed E-state index contributed by atoms with van der Waals surface area (Å²) < 4.78 is 6.64. The molecule has 0 spiro atoms. The van der Waals surface area contributed by atoms with Gasteiger partial charge in [-0.2, -0.15) is 0 Å². The summed E-state index contributed by atoms with van der Waals surface area (Å²) in [6, 6.07) is 8.78. The molecule has 146 valence electrons. The van der Waals surface area contributed by atoms with E-state index in [1.54, 1.807) is 7.05 Å². The van der Waals surface area contributed by atoms with Gasteiger partial charge in [0.1, 0.15) is 0 Å². The highest BCUT2D eigenvalue weighted by molar-refractivity contribution is 5.92. The summed E-state index contributed by atoms with van der Waals surface area (Å²) in [4.78, 5) is 22.7. The molecule has 2 aromatic heterocycles. The van der Waals surface area contributed by atoms with Gasteiger partial charge in [0.15, 0.2) is 0 Å². The zero-order chi connectivity index (χ0) is 19.7. The highest BCUT2D eigenvalue weighted by Gasteiger charge is 2.17. The van der Waals surface area contributed by atoms with E-state index in [0.717, 1.165) is 37.3 Å². The topological polar surface area (TPSA) is 63.1 Å². The second-order valence-electron chi connectivity index (χ2n) is 7.30. The number of aromatic nitrogens is 3. The Hall–Kier alpha value is -2.86. The third-order valence-corrected chi connectivity index (χ3v) is 5.64. The van der Waals surface area contributed by atoms with Gasteiger partial charge < -0.3 is 9.72 Å². The number of ether oxygens (including phenoxy) is 1. The van der Waals surface area contributed by atoms with Crippen molar-refractivity contribution in [2.24, 2.45) is 7.05 Å². The van der Waals surface area contributed by atoms with Gasteiger partial charge in [0.2, 0.25) is 0 Å². The van der Waals surface area contributed by atoms with E-state index in [-0.39, 0.29) is 5.56 Å². The number of para-hydroxylation sites is 1. The number of nitrogens with zero attached hydrogens (tertiary/aromatic N) is 3. The standard InChI is InChI=1S/C22H26N4O2/c1-15-17(21(27)25(2)22(24-15)28-3)10-13-26-11-8-16(9-12-26)19-14-23-20-7-5-4-6-18(19)20/h4-8,14,23H,9-13H2,1-3H3. The molecule has 0 bridgehead atoms. The van der Waals surface area contributed by atoms with Crippen LogP contribution in [0.1, 0.15) is 23.2 Å². The first-order valence-corrected chi connectivity index (χ1v) is 9.67. The van der Waals surface area contributed by atoms with E-state index in [4.69, 9.17) is 4.74 Å². The summed E-state index contributed by atoms with van der Waals surface area (Å²) in [5.74, 6) is 0. The van der Waals surface area contributed by atoms with Crippen molar-refractivity contribution < 1.29 is 4.74 Å². The van der Waals surface area contributed by atoms with Gasteiger partial charge in [-0.1, -0.05) is 24.3 Å². The molecule has 3 aromatic rings. The van der Waals surface area contributed by atoms with Gasteiger partial charge in [-0.05, 0) is 31.4 Å². The molecule has 0 atom stereocenters. The zero-order valence-corrected chi connectivity index (χ0v) is 16.7. The lowest BCUT2D eigenvalue weighted by molar-refractivity contribution is 0.304. The molecule has 0 unspecified atom stereocenters. The lowest BCUT2D eigenvalue weighted by Gasteiger charge is -2.26. The van der Waals surface area contributed by atoms with Crippen molar-refractivity contribution >= 4 is 16.5 Å². The molecule has 6 nitrogen and oxygen atoms in total. The third-order valence-electron chi connectivity index (χ3n) is 5.64. The van der Waals surface area contributed by atoms with Gasteiger partial charge in [0, 0.05) is 54.9 Å². The molecule has 4 rings (SSSR count). The largest absolute Gasteiger partial charge is 0.468 e. The average molecular weight is 378 g/mol. The Morgan fingerprint density at radius 1 is 1.29 bits per heavy atom. The molecule has 0 saturated heterocycles. The number of fused-ring (bicyclic) bond motifs is 1. The SMILES string of the molecule is COc1nc(C)c(CCN2CC=C(c3c[nH]c4ccccc34)CC2)c(=O)n1C. The van der Waals surface area contributed by atoms with Gasteiger partial charge in [0.05, 0.1) is 12.8 Å². The second kappa shape index (κ2) is 7.64. The molecule has 0 saturated carbocycles. The van der Waals surface area contributed by atoms with Crippen LogP contribution in [0.3, 0.4) is 0 Å². The van der Waals surface area contributed by atoms with Crippen molar-refractivity contribution in [1.29, 1.82) is 0 Å². The molecule has 1 aliphatic rings. The van der Waals surface area contributed by atoms with Crippen LogP contribution in [-0.2, 0) is 13.5 Å². The van der Waals surface area contributed by atoms with Crippen molar-refractivity contribution in [1.82, 2.24) is 19.4 Å². The maximum absolute atomic E-state index is 12.6. The molecule has 1 aliphatic heterocycles. The van der Waals surface area contributed by atoms with E-state index >= 15 is 0 Å². The molecule has 6 heteroatoms. The number of aryl methyl sites for hydroxylation is 1. The van der Waals surface area contributed by atoms with E-state index in [9.17, 15) is 4.79 Å². The van der Waals surface area contributed by atoms with E-state index in [0.29, 0.717) is 12.4 Å². The third kappa shape index (κ3) is 3.36. The molecule has 0 fully saturated rings. The number of rotatable bonds is 5. The first-order valence-electron chi connectivity index (χ1n) is 9.67. The van der Waals surface area contributed by atoms with Crippen LogP contribution in [0.25, 0.3) is 16.5 Å². The van der Waals surface area contributed by atoms with E-state index in [1.165, 1.54) is 33.7 Å². The minimum absolute atomic E-state index is 0.0172. The molecule has 0 radical (unpaired) electrons. The number of methoxy groups -OCH3 is 1. The van der Waals surface area contributed by atoms with E-state index in [2.05, 4.69) is 51.4 Å². The average Bonchev–Trinajstić information content (AvgIpc) is 3.15. The fourth-order valence-corrected chi connectivity index (χ4v) is 3.97. The van der Waals surface area contributed by atoms with Crippen LogP contribution in [0.4, 0.5) is 0 Å². The first-order chi connectivity index (χ1) is 13.6. The van der Waals surface area contributed by atoms with Crippen molar-refractivity contribution in [3.05, 3.63) is 63.7 Å². The fourth-order valence-electron chi connectivity index (χ4n) is 3.97. The highest BCUT2D eigenvalue weighted by atomic mass is 16.5. The van der Waals surface area contributed by atoms with Crippen LogP contribution < -0.4 is 10.3 Å². The zero-order valence-electron chi connectivity index (χ0n) is 16.7. The minimum Gasteiger partial charge on any atom is -0.468 e. The van der Waals surface area contributed by atoms with Crippen LogP contribution >= 0.6 is 0 Å². The Labute approximate surface area is 164 Å². The summed E-state index contributed by atoms with van der Waals surface area (Å²) in [6.07, 6.45) is 6.14. The summed E-state index contributed by atoms with van der Waals surface area (Å²) in [6.45, 7) is 4.62. The fraction of sp³-hybridized carbons (Fsp3) is 0.364. The number of hydrogen-bond donors (Lipinski definition) is 1. The lowest BCUT2D eigenvalue weighted by Crippen LogP contribution is -2.33. The Morgan fingerprint density at radius 3 is 2.86 bits per heavy atom. The van der Waals surface area contributed by atoms with Crippen LogP contribution in [0, 0.1) is 6.92 Å². The van der Waals surface area contributed by atoms with E-state index in [1.807, 2.05) is 6.92 Å². The summed E-state index contributed by atoms with van der Waals surface area (Å²) in [5, 5.41) is 1.28. The quantitative estimate of drug-likeness (QED) is 0.742. The number of aromatic amines is 1. The first kappa shape index (κ1) is 18.5. The van der Waals surface area contributed by atoms with E-state index < -0.39 is 0 Å². The summed E-state index contributed by atoms with van der Waals surface area (Å²) in [7, 11) is 3.24. The molecule has 28 heavy (non-hydrogen) atoms. The second-order valence-corrected chi connectivity index (χ2v) is 7.30. The maximum Gasteiger partial charge on any atom is 0.298 e. The number of hydrogen-bond acceptors (Lipinski definition) is 4. The molecule has 1 aromatic carbocycles. The van der Waals surface area contributed by atoms with Crippen LogP contribution in [0.5, 0.6) is 6.01 Å². The monoisotopic (exact) mass is 378 g/mol. The number of H-pyrrole nitrogens is 1. The van der Waals surface area contributed by atoms with Crippen molar-refractivity contribution in [2.45, 2.75) is 19.8 Å². The molecule has 0 amide bonds. The maximum atomic E-state index is 12.6. The minimum atomic E-state index is -0.0172. The number of nitrogens with one attached hydrogen (secondary N) is 1.